The summed E-state index contributed by atoms with van der Waals surface area (Å²) in [6.07, 6.45) is 0. The van der Waals surface area contributed by atoms with Crippen LogP contribution in [0.4, 0.5) is 10.1 Å². The summed E-state index contributed by atoms with van der Waals surface area (Å²) in [5.41, 5.74) is 1.46. The van der Waals surface area contributed by atoms with Crippen LogP contribution in [0, 0.1) is 5.82 Å². The molecule has 0 spiro atoms. The Hall–Kier alpha value is -2.74. The molecule has 1 heterocycles. The van der Waals surface area contributed by atoms with Crippen molar-refractivity contribution < 1.29 is 23.5 Å². The van der Waals surface area contributed by atoms with Crippen molar-refractivity contribution in [2.45, 2.75) is 18.7 Å². The zero-order valence-electron chi connectivity index (χ0n) is 15.6. The third kappa shape index (κ3) is 5.16. The normalized spacial score (nSPS) is 13.1. The van der Waals surface area contributed by atoms with Crippen molar-refractivity contribution in [2.24, 2.45) is 0 Å². The van der Waals surface area contributed by atoms with Crippen LogP contribution in [0.25, 0.3) is 0 Å². The van der Waals surface area contributed by atoms with Crippen molar-refractivity contribution in [3.8, 4) is 11.5 Å². The molecule has 0 saturated carbocycles. The molecule has 28 heavy (non-hydrogen) atoms. The number of ether oxygens (including phenoxy) is 2. The minimum atomic E-state index is -0.377. The van der Waals surface area contributed by atoms with E-state index in [4.69, 9.17) is 9.47 Å². The van der Waals surface area contributed by atoms with E-state index < -0.39 is 0 Å². The van der Waals surface area contributed by atoms with E-state index in [1.807, 2.05) is 18.2 Å². The van der Waals surface area contributed by atoms with Crippen LogP contribution in [0.5, 0.6) is 11.5 Å². The summed E-state index contributed by atoms with van der Waals surface area (Å²) in [6.45, 7) is 2.41. The first kappa shape index (κ1) is 20.0. The Bertz CT molecular complexity index is 860. The van der Waals surface area contributed by atoms with Crippen LogP contribution in [-0.4, -0.2) is 41.6 Å². The van der Waals surface area contributed by atoms with Gasteiger partial charge in [-0.15, -0.1) is 11.8 Å². The molecule has 0 aliphatic carbocycles. The lowest BCUT2D eigenvalue weighted by atomic mass is 10.2. The molecule has 148 valence electrons. The number of carbonyl (C=O) groups is 2. The number of rotatable bonds is 7. The first-order valence-electron chi connectivity index (χ1n) is 8.73. The molecule has 0 radical (unpaired) electrons. The van der Waals surface area contributed by atoms with Crippen LogP contribution >= 0.6 is 11.8 Å². The van der Waals surface area contributed by atoms with E-state index in [1.165, 1.54) is 36.0 Å². The van der Waals surface area contributed by atoms with Gasteiger partial charge in [0.05, 0.1) is 11.0 Å². The van der Waals surface area contributed by atoms with Gasteiger partial charge in [-0.05, 0) is 48.9 Å². The maximum Gasteiger partial charge on any atom is 0.235 e. The number of hydrogen-bond acceptors (Lipinski definition) is 5. The predicted octanol–water partition coefficient (Wildman–Crippen LogP) is 3.27. The maximum atomic E-state index is 12.9. The second kappa shape index (κ2) is 8.97. The van der Waals surface area contributed by atoms with Gasteiger partial charge < -0.3 is 19.7 Å². The topological polar surface area (TPSA) is 67.9 Å². The number of thioether (sulfide) groups is 1. The number of halogens is 1. The van der Waals surface area contributed by atoms with Gasteiger partial charge >= 0.3 is 0 Å². The summed E-state index contributed by atoms with van der Waals surface area (Å²) in [7, 11) is 1.72. The smallest absolute Gasteiger partial charge is 0.235 e. The number of hydrogen-bond donors (Lipinski definition) is 1. The van der Waals surface area contributed by atoms with Crippen molar-refractivity contribution in [3.63, 3.8) is 0 Å². The van der Waals surface area contributed by atoms with E-state index in [0.29, 0.717) is 23.7 Å². The van der Waals surface area contributed by atoms with Crippen molar-refractivity contribution >= 4 is 29.3 Å². The number of benzene rings is 2. The van der Waals surface area contributed by atoms with Crippen molar-refractivity contribution in [2.75, 3.05) is 24.9 Å². The van der Waals surface area contributed by atoms with Crippen LogP contribution in [0.15, 0.2) is 42.5 Å². The molecule has 1 aliphatic rings. The van der Waals surface area contributed by atoms with Gasteiger partial charge in [0.25, 0.3) is 0 Å². The molecule has 1 aliphatic heterocycles. The average molecular weight is 404 g/mol. The lowest BCUT2D eigenvalue weighted by Crippen LogP contribution is -2.33. The Morgan fingerprint density at radius 1 is 1.18 bits per heavy atom. The summed E-state index contributed by atoms with van der Waals surface area (Å²) in [6, 6.07) is 11.1. The van der Waals surface area contributed by atoms with E-state index in [1.54, 1.807) is 18.9 Å². The number of nitrogens with zero attached hydrogens (tertiary/aromatic N) is 1. The lowest BCUT2D eigenvalue weighted by molar-refractivity contribution is -0.129. The molecule has 0 bridgehead atoms. The summed E-state index contributed by atoms with van der Waals surface area (Å²) >= 11 is 1.25. The second-order valence-electron chi connectivity index (χ2n) is 6.39. The van der Waals surface area contributed by atoms with Gasteiger partial charge in [0.1, 0.15) is 5.82 Å². The molecule has 3 rings (SSSR count). The van der Waals surface area contributed by atoms with E-state index in [-0.39, 0.29) is 35.4 Å². The molecule has 2 aromatic carbocycles. The molecular formula is C20H21FN2O4S. The van der Waals surface area contributed by atoms with Gasteiger partial charge in [-0.3, -0.25) is 9.59 Å². The number of amides is 2. The quantitative estimate of drug-likeness (QED) is 0.767. The van der Waals surface area contributed by atoms with Crippen LogP contribution < -0.4 is 14.8 Å². The highest BCUT2D eigenvalue weighted by Crippen LogP contribution is 2.32. The largest absolute Gasteiger partial charge is 0.454 e. The number of anilines is 1. The van der Waals surface area contributed by atoms with Crippen LogP contribution in [-0.2, 0) is 16.1 Å². The molecule has 0 fully saturated rings. The zero-order valence-corrected chi connectivity index (χ0v) is 16.4. The molecule has 2 aromatic rings. The van der Waals surface area contributed by atoms with Crippen molar-refractivity contribution in [3.05, 3.63) is 53.8 Å². The fraction of sp³-hybridized carbons (Fsp3) is 0.300. The third-order valence-corrected chi connectivity index (χ3v) is 5.30. The van der Waals surface area contributed by atoms with Crippen molar-refractivity contribution in [1.82, 2.24) is 4.90 Å². The fourth-order valence-corrected chi connectivity index (χ4v) is 3.50. The molecule has 1 N–H and O–H groups in total. The van der Waals surface area contributed by atoms with E-state index in [9.17, 15) is 14.0 Å². The Labute approximate surface area is 167 Å². The second-order valence-corrected chi connectivity index (χ2v) is 7.72. The van der Waals surface area contributed by atoms with Crippen LogP contribution in [0.3, 0.4) is 0 Å². The van der Waals surface area contributed by atoms with E-state index in [2.05, 4.69) is 5.32 Å². The molecule has 2 amide bonds. The Kier molecular flexibility index (Phi) is 6.41. The summed E-state index contributed by atoms with van der Waals surface area (Å²) in [4.78, 5) is 26.2. The van der Waals surface area contributed by atoms with Crippen LogP contribution in [0.2, 0.25) is 0 Å². The van der Waals surface area contributed by atoms with E-state index >= 15 is 0 Å². The molecule has 0 aromatic heterocycles. The first-order chi connectivity index (χ1) is 13.4. The molecule has 6 nitrogen and oxygen atoms in total. The van der Waals surface area contributed by atoms with Gasteiger partial charge in [-0.25, -0.2) is 4.39 Å². The lowest BCUT2D eigenvalue weighted by Gasteiger charge is -2.21. The van der Waals surface area contributed by atoms with Crippen LogP contribution in [0.1, 0.15) is 12.5 Å². The minimum Gasteiger partial charge on any atom is -0.454 e. The number of fused-ring (bicyclic) bond motifs is 1. The van der Waals surface area contributed by atoms with Gasteiger partial charge in [-0.1, -0.05) is 6.07 Å². The summed E-state index contributed by atoms with van der Waals surface area (Å²) < 4.78 is 23.5. The average Bonchev–Trinajstić information content (AvgIpc) is 3.15. The minimum absolute atomic E-state index is 0.0720. The number of nitrogens with one attached hydrogen (secondary N) is 1. The molecule has 0 saturated heterocycles. The highest BCUT2D eigenvalue weighted by Gasteiger charge is 2.20. The summed E-state index contributed by atoms with van der Waals surface area (Å²) in [5.74, 6) is 0.832. The zero-order chi connectivity index (χ0) is 20.1. The van der Waals surface area contributed by atoms with Gasteiger partial charge in [-0.2, -0.15) is 0 Å². The van der Waals surface area contributed by atoms with Crippen molar-refractivity contribution in [1.29, 1.82) is 0 Å². The highest BCUT2D eigenvalue weighted by atomic mass is 32.2. The third-order valence-electron chi connectivity index (χ3n) is 4.17. The maximum absolute atomic E-state index is 12.9. The Morgan fingerprint density at radius 3 is 2.64 bits per heavy atom. The molecular weight excluding hydrogens is 383 g/mol. The van der Waals surface area contributed by atoms with Gasteiger partial charge in [0.15, 0.2) is 11.5 Å². The highest BCUT2D eigenvalue weighted by molar-refractivity contribution is 8.01. The monoisotopic (exact) mass is 404 g/mol. The Balaban J connectivity index is 1.46. The SMILES string of the molecule is CC(SCC(=O)Nc1ccc(F)cc1)C(=O)N(C)Cc1ccc2c(c1)OCO2. The summed E-state index contributed by atoms with van der Waals surface area (Å²) in [5, 5.41) is 2.30. The first-order valence-corrected chi connectivity index (χ1v) is 9.78. The van der Waals surface area contributed by atoms with E-state index in [0.717, 1.165) is 5.56 Å². The molecule has 8 heteroatoms. The predicted molar refractivity (Wildman–Crippen MR) is 106 cm³/mol. The fourth-order valence-electron chi connectivity index (χ4n) is 2.70. The molecule has 1 atom stereocenters. The number of carbonyl (C=O) groups excluding carboxylic acids is 2. The van der Waals surface area contributed by atoms with Gasteiger partial charge in [0.2, 0.25) is 18.6 Å². The van der Waals surface area contributed by atoms with Gasteiger partial charge in [0, 0.05) is 19.3 Å². The molecule has 1 unspecified atom stereocenters. The standard InChI is InChI=1S/C20H21FN2O4S/c1-13(28-11-19(24)22-16-6-4-15(21)5-7-16)20(25)23(2)10-14-3-8-17-18(9-14)27-12-26-17/h3-9,13H,10-12H2,1-2H3,(H,22,24). The Morgan fingerprint density at radius 2 is 1.89 bits per heavy atom.